The van der Waals surface area contributed by atoms with E-state index >= 15 is 0 Å². The number of Topliss-reactive ketones (excluding diaryl/α,β-unsaturated/α-hetero) is 2. The zero-order valence-corrected chi connectivity index (χ0v) is 10.8. The summed E-state index contributed by atoms with van der Waals surface area (Å²) in [5.41, 5.74) is -1.80. The van der Waals surface area contributed by atoms with E-state index in [1.165, 1.54) is 0 Å². The van der Waals surface area contributed by atoms with Crippen LogP contribution in [-0.4, -0.2) is 17.2 Å². The molecule has 0 rings (SSSR count). The summed E-state index contributed by atoms with van der Waals surface area (Å²) < 4.78 is 14.0. The largest absolute Gasteiger partial charge is 0.299 e. The van der Waals surface area contributed by atoms with Crippen molar-refractivity contribution in [2.24, 2.45) is 5.92 Å². The quantitative estimate of drug-likeness (QED) is 0.598. The van der Waals surface area contributed by atoms with Crippen LogP contribution in [0.4, 0.5) is 4.39 Å². The van der Waals surface area contributed by atoms with E-state index in [2.05, 4.69) is 0 Å². The highest BCUT2D eigenvalue weighted by Gasteiger charge is 2.35. The van der Waals surface area contributed by atoms with Gasteiger partial charge in [0.05, 0.1) is 6.42 Å². The third-order valence-electron chi connectivity index (χ3n) is 3.40. The maximum Gasteiger partial charge on any atom is 0.177 e. The first-order valence-electron chi connectivity index (χ1n) is 6.20. The zero-order valence-electron chi connectivity index (χ0n) is 10.8. The summed E-state index contributed by atoms with van der Waals surface area (Å²) in [5, 5.41) is 0. The van der Waals surface area contributed by atoms with Gasteiger partial charge in [0.2, 0.25) is 0 Å². The van der Waals surface area contributed by atoms with E-state index in [9.17, 15) is 14.0 Å². The number of halogens is 1. The van der Waals surface area contributed by atoms with E-state index in [4.69, 9.17) is 0 Å². The molecular weight excluding hydrogens is 207 g/mol. The lowest BCUT2D eigenvalue weighted by Crippen LogP contribution is -2.35. The molecule has 0 spiro atoms. The van der Waals surface area contributed by atoms with Crippen molar-refractivity contribution < 1.29 is 14.0 Å². The van der Waals surface area contributed by atoms with Gasteiger partial charge >= 0.3 is 0 Å². The minimum Gasteiger partial charge on any atom is -0.299 e. The predicted molar refractivity (Wildman–Crippen MR) is 63.1 cm³/mol. The second-order valence-corrected chi connectivity index (χ2v) is 4.25. The Morgan fingerprint density at radius 1 is 1.06 bits per heavy atom. The molecule has 0 bridgehead atoms. The van der Waals surface area contributed by atoms with Gasteiger partial charge in [-0.3, -0.25) is 9.59 Å². The van der Waals surface area contributed by atoms with Gasteiger partial charge in [0.1, 0.15) is 5.78 Å². The molecule has 3 heteroatoms. The van der Waals surface area contributed by atoms with E-state index in [0.29, 0.717) is 0 Å². The van der Waals surface area contributed by atoms with E-state index < -0.39 is 11.5 Å². The van der Waals surface area contributed by atoms with Gasteiger partial charge in [-0.1, -0.05) is 27.7 Å². The molecule has 0 unspecified atom stereocenters. The van der Waals surface area contributed by atoms with Crippen LogP contribution in [0.2, 0.25) is 0 Å². The van der Waals surface area contributed by atoms with Gasteiger partial charge in [-0.2, -0.15) is 0 Å². The highest BCUT2D eigenvalue weighted by molar-refractivity contribution is 6.03. The van der Waals surface area contributed by atoms with Gasteiger partial charge in [-0.15, -0.1) is 0 Å². The molecule has 0 fully saturated rings. The Bertz CT molecular complexity index is 240. The molecular formula is C13H23FO2. The molecule has 16 heavy (non-hydrogen) atoms. The molecule has 0 aromatic heterocycles. The van der Waals surface area contributed by atoms with Crippen LogP contribution in [-0.2, 0) is 9.59 Å². The van der Waals surface area contributed by atoms with Crippen molar-refractivity contribution in [3.63, 3.8) is 0 Å². The maximum absolute atomic E-state index is 14.0. The van der Waals surface area contributed by atoms with Gasteiger partial charge in [0, 0.05) is 5.92 Å². The number of hydrogen-bond acceptors (Lipinski definition) is 2. The molecule has 0 heterocycles. The van der Waals surface area contributed by atoms with E-state index in [1.54, 1.807) is 13.8 Å². The summed E-state index contributed by atoms with van der Waals surface area (Å²) in [7, 11) is 0. The molecule has 0 aliphatic heterocycles. The molecule has 0 atom stereocenters. The van der Waals surface area contributed by atoms with Crippen molar-refractivity contribution in [2.75, 3.05) is 0 Å². The molecule has 0 saturated heterocycles. The second kappa shape index (κ2) is 6.77. The Hall–Kier alpha value is -0.730. The van der Waals surface area contributed by atoms with Gasteiger partial charge in [0.25, 0.3) is 0 Å². The normalized spacial score (nSPS) is 11.9. The van der Waals surface area contributed by atoms with E-state index in [-0.39, 0.29) is 31.0 Å². The summed E-state index contributed by atoms with van der Waals surface area (Å²) in [6.45, 7) is 7.11. The highest BCUT2D eigenvalue weighted by Crippen LogP contribution is 2.24. The lowest BCUT2D eigenvalue weighted by molar-refractivity contribution is -0.136. The fraction of sp³-hybridized carbons (Fsp3) is 0.846. The van der Waals surface area contributed by atoms with Gasteiger partial charge in [0.15, 0.2) is 11.5 Å². The number of hydrogen-bond donors (Lipinski definition) is 0. The minimum absolute atomic E-state index is 0.0955. The van der Waals surface area contributed by atoms with Crippen molar-refractivity contribution in [1.82, 2.24) is 0 Å². The van der Waals surface area contributed by atoms with Crippen LogP contribution in [0, 0.1) is 5.92 Å². The molecule has 0 aliphatic rings. The predicted octanol–water partition coefficient (Wildman–Crippen LogP) is 3.48. The number of carbonyl (C=O) groups excluding carboxylic acids is 2. The summed E-state index contributed by atoms with van der Waals surface area (Å²) >= 11 is 0. The fourth-order valence-electron chi connectivity index (χ4n) is 1.85. The monoisotopic (exact) mass is 230 g/mol. The van der Waals surface area contributed by atoms with Crippen LogP contribution < -0.4 is 0 Å². The van der Waals surface area contributed by atoms with Crippen LogP contribution in [0.15, 0.2) is 0 Å². The number of ketones is 2. The van der Waals surface area contributed by atoms with Crippen molar-refractivity contribution in [3.05, 3.63) is 0 Å². The van der Waals surface area contributed by atoms with Crippen molar-refractivity contribution in [1.29, 1.82) is 0 Å². The average molecular weight is 230 g/mol. The van der Waals surface area contributed by atoms with Crippen molar-refractivity contribution >= 4 is 11.6 Å². The summed E-state index contributed by atoms with van der Waals surface area (Å²) in [5.74, 6) is -0.754. The lowest BCUT2D eigenvalue weighted by Gasteiger charge is -2.21. The Morgan fingerprint density at radius 2 is 1.50 bits per heavy atom. The zero-order chi connectivity index (χ0) is 12.8. The van der Waals surface area contributed by atoms with Crippen LogP contribution in [0.25, 0.3) is 0 Å². The van der Waals surface area contributed by atoms with Gasteiger partial charge < -0.3 is 0 Å². The van der Waals surface area contributed by atoms with Gasteiger partial charge in [-0.05, 0) is 25.7 Å². The molecule has 94 valence electrons. The minimum atomic E-state index is -1.80. The van der Waals surface area contributed by atoms with E-state index in [1.807, 2.05) is 13.8 Å². The third kappa shape index (κ3) is 3.69. The Balaban J connectivity index is 4.50. The number of carbonyl (C=O) groups is 2. The Labute approximate surface area is 97.6 Å². The highest BCUT2D eigenvalue weighted by atomic mass is 19.1. The lowest BCUT2D eigenvalue weighted by atomic mass is 9.87. The average Bonchev–Trinajstić information content (AvgIpc) is 2.29. The summed E-state index contributed by atoms with van der Waals surface area (Å²) in [6, 6.07) is 0. The molecule has 0 aromatic rings. The first-order chi connectivity index (χ1) is 7.45. The molecule has 0 radical (unpaired) electrons. The topological polar surface area (TPSA) is 34.1 Å². The van der Waals surface area contributed by atoms with Crippen LogP contribution in [0.5, 0.6) is 0 Å². The van der Waals surface area contributed by atoms with Crippen LogP contribution in [0.1, 0.15) is 59.8 Å². The summed E-state index contributed by atoms with van der Waals surface area (Å²) in [4.78, 5) is 23.4. The summed E-state index contributed by atoms with van der Waals surface area (Å²) in [6.07, 6.45) is 1.50. The smallest absolute Gasteiger partial charge is 0.177 e. The Morgan fingerprint density at radius 3 is 1.81 bits per heavy atom. The third-order valence-corrected chi connectivity index (χ3v) is 3.40. The standard InChI is InChI=1S/C13H23FO2/c1-5-10(6-2)11(15)9-12(16)13(14,7-3)8-4/h10H,5-9H2,1-4H3. The number of rotatable bonds is 8. The van der Waals surface area contributed by atoms with Crippen LogP contribution in [0.3, 0.4) is 0 Å². The number of alkyl halides is 1. The molecule has 0 amide bonds. The molecule has 0 N–H and O–H groups in total. The molecule has 2 nitrogen and oxygen atoms in total. The first-order valence-corrected chi connectivity index (χ1v) is 6.20. The fourth-order valence-corrected chi connectivity index (χ4v) is 1.85. The molecule has 0 saturated carbocycles. The van der Waals surface area contributed by atoms with Crippen molar-refractivity contribution in [2.45, 2.75) is 65.5 Å². The molecule has 0 aliphatic carbocycles. The Kier molecular flexibility index (Phi) is 6.46. The van der Waals surface area contributed by atoms with Crippen LogP contribution >= 0.6 is 0 Å². The van der Waals surface area contributed by atoms with Crippen molar-refractivity contribution in [3.8, 4) is 0 Å². The molecule has 0 aromatic carbocycles. The van der Waals surface area contributed by atoms with E-state index in [0.717, 1.165) is 12.8 Å². The SMILES string of the molecule is CCC(CC)C(=O)CC(=O)C(F)(CC)CC. The second-order valence-electron chi connectivity index (χ2n) is 4.25. The van der Waals surface area contributed by atoms with Gasteiger partial charge in [-0.25, -0.2) is 4.39 Å². The first kappa shape index (κ1) is 15.3. The maximum atomic E-state index is 14.0.